The maximum Gasteiger partial charge on any atom is -0.0355 e. The highest BCUT2D eigenvalue weighted by Crippen LogP contribution is 2.53. The molecule has 0 saturated heterocycles. The lowest BCUT2D eigenvalue weighted by molar-refractivity contribution is -0.0128. The van der Waals surface area contributed by atoms with Crippen molar-refractivity contribution in [2.24, 2.45) is 29.6 Å². The summed E-state index contributed by atoms with van der Waals surface area (Å²) in [4.78, 5) is 0. The van der Waals surface area contributed by atoms with Crippen LogP contribution in [0.15, 0.2) is 0 Å². The maximum atomic E-state index is 2.47. The zero-order valence-corrected chi connectivity index (χ0v) is 11.0. The van der Waals surface area contributed by atoms with Gasteiger partial charge >= 0.3 is 0 Å². The Morgan fingerprint density at radius 3 is 1.75 bits per heavy atom. The molecule has 4 unspecified atom stereocenters. The summed E-state index contributed by atoms with van der Waals surface area (Å²) >= 11 is 0. The van der Waals surface area contributed by atoms with E-state index in [9.17, 15) is 0 Å². The molecule has 0 aromatic heterocycles. The van der Waals surface area contributed by atoms with Crippen molar-refractivity contribution in [3.8, 4) is 0 Å². The molecule has 0 spiro atoms. The van der Waals surface area contributed by atoms with Gasteiger partial charge in [0, 0.05) is 0 Å². The third kappa shape index (κ3) is 1.83. The summed E-state index contributed by atoms with van der Waals surface area (Å²) in [7, 11) is 0. The average molecular weight is 220 g/mol. The summed E-state index contributed by atoms with van der Waals surface area (Å²) in [5, 5.41) is 0. The lowest BCUT2D eigenvalue weighted by atomic mass is 9.54. The van der Waals surface area contributed by atoms with Crippen LogP contribution in [0, 0.1) is 29.6 Å². The first-order valence-electron chi connectivity index (χ1n) is 7.90. The molecule has 0 bridgehead atoms. The van der Waals surface area contributed by atoms with E-state index >= 15 is 0 Å². The molecule has 0 nitrogen and oxygen atoms in total. The number of rotatable bonds is 1. The van der Waals surface area contributed by atoms with Gasteiger partial charge in [0.2, 0.25) is 0 Å². The Labute approximate surface area is 101 Å². The predicted octanol–water partition coefficient (Wildman–Crippen LogP) is 5.03. The van der Waals surface area contributed by atoms with Gasteiger partial charge in [-0.3, -0.25) is 0 Å². The van der Waals surface area contributed by atoms with Crippen molar-refractivity contribution < 1.29 is 0 Å². The Morgan fingerprint density at radius 1 is 0.750 bits per heavy atom. The van der Waals surface area contributed by atoms with E-state index in [1.54, 1.807) is 32.1 Å². The van der Waals surface area contributed by atoms with Crippen LogP contribution in [0.2, 0.25) is 0 Å². The van der Waals surface area contributed by atoms with Gasteiger partial charge in [-0.2, -0.15) is 0 Å². The first-order valence-corrected chi connectivity index (χ1v) is 7.90. The van der Waals surface area contributed by atoms with E-state index in [1.165, 1.54) is 32.1 Å². The molecule has 0 radical (unpaired) electrons. The Kier molecular flexibility index (Phi) is 3.27. The zero-order chi connectivity index (χ0) is 11.0. The van der Waals surface area contributed by atoms with Gasteiger partial charge in [0.15, 0.2) is 0 Å². The lowest BCUT2D eigenvalue weighted by Crippen LogP contribution is -2.42. The van der Waals surface area contributed by atoms with E-state index in [0.717, 1.165) is 29.6 Å². The third-order valence-electron chi connectivity index (χ3n) is 6.11. The van der Waals surface area contributed by atoms with Crippen molar-refractivity contribution in [1.82, 2.24) is 0 Å². The molecule has 0 N–H and O–H groups in total. The molecule has 4 atom stereocenters. The Bertz CT molecular complexity index is 210. The predicted molar refractivity (Wildman–Crippen MR) is 69.3 cm³/mol. The van der Waals surface area contributed by atoms with Crippen LogP contribution in [-0.4, -0.2) is 0 Å². The quantitative estimate of drug-likeness (QED) is 0.581. The van der Waals surface area contributed by atoms with Crippen LogP contribution in [0.5, 0.6) is 0 Å². The highest BCUT2D eigenvalue weighted by Gasteiger charge is 2.44. The standard InChI is InChI=1S/C16H28/c1-2-14-15-9-5-3-7-12(15)11-13-8-4-6-10-16(13)14/h12-16H,2-11H2,1H3. The monoisotopic (exact) mass is 220 g/mol. The first-order chi connectivity index (χ1) is 7.90. The molecule has 0 aliphatic heterocycles. The SMILES string of the molecule is CCC1C2CCCCC2CC2CCCCC21. The van der Waals surface area contributed by atoms with Gasteiger partial charge in [0.1, 0.15) is 0 Å². The Balaban J connectivity index is 1.78. The molecule has 0 aromatic carbocycles. The molecule has 0 amide bonds. The molecular formula is C16H28. The topological polar surface area (TPSA) is 0 Å². The molecule has 3 saturated carbocycles. The molecule has 0 aromatic rings. The van der Waals surface area contributed by atoms with Crippen molar-refractivity contribution in [1.29, 1.82) is 0 Å². The minimum Gasteiger partial charge on any atom is -0.0651 e. The molecule has 3 aliphatic rings. The van der Waals surface area contributed by atoms with E-state index in [2.05, 4.69) is 6.92 Å². The summed E-state index contributed by atoms with van der Waals surface area (Å²) in [5.74, 6) is 5.66. The van der Waals surface area contributed by atoms with E-state index in [1.807, 2.05) is 0 Å². The van der Waals surface area contributed by atoms with Crippen molar-refractivity contribution >= 4 is 0 Å². The Hall–Kier alpha value is 0. The normalized spacial score (nSPS) is 48.2. The van der Waals surface area contributed by atoms with Crippen LogP contribution in [0.3, 0.4) is 0 Å². The van der Waals surface area contributed by atoms with Gasteiger partial charge in [0.05, 0.1) is 0 Å². The number of fused-ring (bicyclic) bond motifs is 2. The molecule has 3 rings (SSSR count). The molecular weight excluding hydrogens is 192 g/mol. The maximum absolute atomic E-state index is 2.47. The van der Waals surface area contributed by atoms with Gasteiger partial charge in [-0.05, 0) is 48.9 Å². The summed E-state index contributed by atoms with van der Waals surface area (Å²) in [5.41, 5.74) is 0. The van der Waals surface area contributed by atoms with E-state index in [-0.39, 0.29) is 0 Å². The average Bonchev–Trinajstić information content (AvgIpc) is 2.36. The molecule has 3 fully saturated rings. The fourth-order valence-electron chi connectivity index (χ4n) is 5.50. The fraction of sp³-hybridized carbons (Fsp3) is 1.00. The van der Waals surface area contributed by atoms with Crippen LogP contribution in [0.25, 0.3) is 0 Å². The van der Waals surface area contributed by atoms with Crippen LogP contribution < -0.4 is 0 Å². The second kappa shape index (κ2) is 4.70. The van der Waals surface area contributed by atoms with Gasteiger partial charge in [0.25, 0.3) is 0 Å². The highest BCUT2D eigenvalue weighted by molar-refractivity contribution is 4.94. The summed E-state index contributed by atoms with van der Waals surface area (Å²) in [6.45, 7) is 2.47. The molecule has 3 aliphatic carbocycles. The number of hydrogen-bond donors (Lipinski definition) is 0. The van der Waals surface area contributed by atoms with E-state index in [4.69, 9.17) is 0 Å². The van der Waals surface area contributed by atoms with Crippen LogP contribution in [0.4, 0.5) is 0 Å². The molecule has 0 heteroatoms. The lowest BCUT2D eigenvalue weighted by Gasteiger charge is -2.51. The second-order valence-corrected chi connectivity index (χ2v) is 6.72. The van der Waals surface area contributed by atoms with Crippen molar-refractivity contribution in [2.45, 2.75) is 71.1 Å². The van der Waals surface area contributed by atoms with Crippen molar-refractivity contribution in [2.75, 3.05) is 0 Å². The summed E-state index contributed by atoms with van der Waals surface area (Å²) < 4.78 is 0. The molecule has 0 heterocycles. The molecule has 16 heavy (non-hydrogen) atoms. The largest absolute Gasteiger partial charge is 0.0651 e. The first kappa shape index (κ1) is 11.1. The van der Waals surface area contributed by atoms with Crippen LogP contribution in [-0.2, 0) is 0 Å². The van der Waals surface area contributed by atoms with Crippen LogP contribution >= 0.6 is 0 Å². The minimum absolute atomic E-state index is 1.12. The van der Waals surface area contributed by atoms with Crippen molar-refractivity contribution in [3.63, 3.8) is 0 Å². The third-order valence-corrected chi connectivity index (χ3v) is 6.11. The number of hydrogen-bond acceptors (Lipinski definition) is 0. The summed E-state index contributed by atoms with van der Waals surface area (Å²) in [6.07, 6.45) is 15.5. The van der Waals surface area contributed by atoms with Gasteiger partial charge < -0.3 is 0 Å². The fourth-order valence-corrected chi connectivity index (χ4v) is 5.50. The smallest absolute Gasteiger partial charge is 0.0355 e. The summed E-state index contributed by atoms with van der Waals surface area (Å²) in [6, 6.07) is 0. The van der Waals surface area contributed by atoms with Crippen LogP contribution in [0.1, 0.15) is 71.1 Å². The highest BCUT2D eigenvalue weighted by atomic mass is 14.5. The van der Waals surface area contributed by atoms with Gasteiger partial charge in [-0.1, -0.05) is 51.9 Å². The minimum atomic E-state index is 1.12. The van der Waals surface area contributed by atoms with Crippen molar-refractivity contribution in [3.05, 3.63) is 0 Å². The van der Waals surface area contributed by atoms with Gasteiger partial charge in [-0.25, -0.2) is 0 Å². The van der Waals surface area contributed by atoms with E-state index < -0.39 is 0 Å². The Morgan fingerprint density at radius 2 is 1.25 bits per heavy atom. The molecule has 92 valence electrons. The van der Waals surface area contributed by atoms with E-state index in [0.29, 0.717) is 0 Å². The zero-order valence-electron chi connectivity index (χ0n) is 11.0. The second-order valence-electron chi connectivity index (χ2n) is 6.72. The van der Waals surface area contributed by atoms with Gasteiger partial charge in [-0.15, -0.1) is 0 Å².